The van der Waals surface area contributed by atoms with Crippen molar-refractivity contribution >= 4 is 0 Å². The second-order valence-electron chi connectivity index (χ2n) is 9.77. The van der Waals surface area contributed by atoms with Crippen molar-refractivity contribution < 1.29 is 10.2 Å². The third-order valence-corrected chi connectivity index (χ3v) is 8.95. The van der Waals surface area contributed by atoms with E-state index in [1.165, 1.54) is 32.1 Å². The molecule has 126 valence electrons. The van der Waals surface area contributed by atoms with Crippen LogP contribution in [0.15, 0.2) is 0 Å². The number of aliphatic hydroxyl groups excluding tert-OH is 2. The van der Waals surface area contributed by atoms with E-state index in [1.54, 1.807) is 0 Å². The van der Waals surface area contributed by atoms with Crippen molar-refractivity contribution in [3.63, 3.8) is 0 Å². The number of rotatable bonds is 0. The normalized spacial score (nSPS) is 61.2. The monoisotopic (exact) mass is 306 g/mol. The predicted octanol–water partition coefficient (Wildman–Crippen LogP) is 4.00. The van der Waals surface area contributed by atoms with Crippen LogP contribution in [-0.4, -0.2) is 22.4 Å². The lowest BCUT2D eigenvalue weighted by atomic mass is 9.43. The summed E-state index contributed by atoms with van der Waals surface area (Å²) in [6.45, 7) is 7.36. The molecule has 2 N–H and O–H groups in total. The van der Waals surface area contributed by atoms with Gasteiger partial charge in [0.25, 0.3) is 0 Å². The second-order valence-corrected chi connectivity index (χ2v) is 9.77. The van der Waals surface area contributed by atoms with Crippen LogP contribution >= 0.6 is 0 Å². The molecule has 9 atom stereocenters. The van der Waals surface area contributed by atoms with Crippen LogP contribution in [0.3, 0.4) is 0 Å². The first-order valence-corrected chi connectivity index (χ1v) is 9.72. The maximum absolute atomic E-state index is 10.5. The number of fused-ring (bicyclic) bond motifs is 5. The molecule has 0 saturated heterocycles. The lowest BCUT2D eigenvalue weighted by molar-refractivity contribution is -0.152. The highest BCUT2D eigenvalue weighted by Gasteiger charge is 2.61. The van der Waals surface area contributed by atoms with Gasteiger partial charge in [-0.1, -0.05) is 20.8 Å². The van der Waals surface area contributed by atoms with Gasteiger partial charge in [-0.25, -0.2) is 0 Å². The second kappa shape index (κ2) is 4.96. The average molecular weight is 306 g/mol. The summed E-state index contributed by atoms with van der Waals surface area (Å²) in [4.78, 5) is 0. The molecular formula is C20H34O2. The van der Waals surface area contributed by atoms with Gasteiger partial charge in [0.2, 0.25) is 0 Å². The average Bonchev–Trinajstić information content (AvgIpc) is 2.77. The molecule has 4 saturated carbocycles. The van der Waals surface area contributed by atoms with E-state index in [-0.39, 0.29) is 17.6 Å². The molecule has 4 fully saturated rings. The smallest absolute Gasteiger partial charge is 0.0596 e. The first-order valence-electron chi connectivity index (χ1n) is 9.72. The van der Waals surface area contributed by atoms with Gasteiger partial charge in [-0.05, 0) is 91.8 Å². The molecule has 0 spiro atoms. The van der Waals surface area contributed by atoms with Crippen LogP contribution in [-0.2, 0) is 0 Å². The zero-order chi connectivity index (χ0) is 15.7. The van der Waals surface area contributed by atoms with Crippen LogP contribution in [0.1, 0.15) is 72.1 Å². The summed E-state index contributed by atoms with van der Waals surface area (Å²) < 4.78 is 0. The molecule has 0 unspecified atom stereocenters. The lowest BCUT2D eigenvalue weighted by Gasteiger charge is -2.62. The molecule has 0 radical (unpaired) electrons. The maximum Gasteiger partial charge on any atom is 0.0596 e. The Hall–Kier alpha value is -0.0800. The van der Waals surface area contributed by atoms with Crippen molar-refractivity contribution in [1.82, 2.24) is 0 Å². The van der Waals surface area contributed by atoms with Crippen molar-refractivity contribution in [2.45, 2.75) is 84.3 Å². The fraction of sp³-hybridized carbons (Fsp3) is 1.00. The van der Waals surface area contributed by atoms with Gasteiger partial charge in [0, 0.05) is 0 Å². The van der Waals surface area contributed by atoms with Crippen LogP contribution in [0.4, 0.5) is 0 Å². The van der Waals surface area contributed by atoms with Crippen molar-refractivity contribution in [1.29, 1.82) is 0 Å². The quantitative estimate of drug-likeness (QED) is 0.710. The SMILES string of the molecule is C[C@@H]1C[C@@H]2[C@H](CC[C@]3(C)[C@@H](O)CC[C@@H]23)[C@@]2(C)CC[C@H](O)C[C@H]12. The Kier molecular flexibility index (Phi) is 3.48. The highest BCUT2D eigenvalue weighted by Crippen LogP contribution is 2.67. The minimum absolute atomic E-state index is 0.0563. The summed E-state index contributed by atoms with van der Waals surface area (Å²) in [5.41, 5.74) is 0.634. The third-order valence-electron chi connectivity index (χ3n) is 8.95. The Morgan fingerprint density at radius 3 is 2.23 bits per heavy atom. The summed E-state index contributed by atoms with van der Waals surface area (Å²) >= 11 is 0. The van der Waals surface area contributed by atoms with E-state index in [0.29, 0.717) is 11.3 Å². The molecule has 4 aliphatic carbocycles. The largest absolute Gasteiger partial charge is 0.393 e. The van der Waals surface area contributed by atoms with Gasteiger partial charge in [-0.3, -0.25) is 0 Å². The van der Waals surface area contributed by atoms with Crippen LogP contribution in [0.5, 0.6) is 0 Å². The van der Waals surface area contributed by atoms with Crippen molar-refractivity contribution in [2.75, 3.05) is 0 Å². The van der Waals surface area contributed by atoms with E-state index in [9.17, 15) is 10.2 Å². The van der Waals surface area contributed by atoms with Gasteiger partial charge < -0.3 is 10.2 Å². The Labute approximate surface area is 135 Å². The molecule has 4 rings (SSSR count). The van der Waals surface area contributed by atoms with Gasteiger partial charge in [-0.2, -0.15) is 0 Å². The molecule has 22 heavy (non-hydrogen) atoms. The third kappa shape index (κ3) is 1.92. The topological polar surface area (TPSA) is 40.5 Å². The van der Waals surface area contributed by atoms with Gasteiger partial charge in [0.1, 0.15) is 0 Å². The summed E-state index contributed by atoms with van der Waals surface area (Å²) in [5, 5.41) is 20.7. The van der Waals surface area contributed by atoms with Gasteiger partial charge in [-0.15, -0.1) is 0 Å². The molecule has 0 bridgehead atoms. The summed E-state index contributed by atoms with van der Waals surface area (Å²) in [7, 11) is 0. The Balaban J connectivity index is 1.66. The van der Waals surface area contributed by atoms with Crippen LogP contribution in [0.25, 0.3) is 0 Å². The van der Waals surface area contributed by atoms with E-state index in [0.717, 1.165) is 42.9 Å². The summed E-state index contributed by atoms with van der Waals surface area (Å²) in [6.07, 6.45) is 9.28. The van der Waals surface area contributed by atoms with Crippen LogP contribution < -0.4 is 0 Å². The molecule has 4 aliphatic rings. The fourth-order valence-corrected chi connectivity index (χ4v) is 7.69. The molecule has 0 heterocycles. The van der Waals surface area contributed by atoms with Crippen LogP contribution in [0, 0.1) is 40.4 Å². The minimum atomic E-state index is -0.0625. The number of hydrogen-bond donors (Lipinski definition) is 2. The molecule has 2 heteroatoms. The van der Waals surface area contributed by atoms with Crippen molar-refractivity contribution in [3.05, 3.63) is 0 Å². The standard InChI is InChI=1S/C20H34O2/c1-12-10-14-15-4-5-18(22)20(15,3)9-7-16(14)19(2)8-6-13(21)11-17(12)19/h12-18,21-22H,4-11H2,1-3H3/t12-,13+,14+,15+,16+,17-,18+,19-,20+/m1/s1. The van der Waals surface area contributed by atoms with Gasteiger partial charge in [0.05, 0.1) is 12.2 Å². The summed E-state index contributed by atoms with van der Waals surface area (Å²) in [5.74, 6) is 3.86. The van der Waals surface area contributed by atoms with E-state index < -0.39 is 0 Å². The minimum Gasteiger partial charge on any atom is -0.393 e. The van der Waals surface area contributed by atoms with E-state index in [4.69, 9.17) is 0 Å². The highest BCUT2D eigenvalue weighted by atomic mass is 16.3. The first-order chi connectivity index (χ1) is 10.4. The maximum atomic E-state index is 10.5. The van der Waals surface area contributed by atoms with Gasteiger partial charge >= 0.3 is 0 Å². The molecule has 0 aromatic heterocycles. The zero-order valence-corrected chi connectivity index (χ0v) is 14.6. The van der Waals surface area contributed by atoms with Crippen LogP contribution in [0.2, 0.25) is 0 Å². The molecule has 0 aromatic rings. The number of hydrogen-bond acceptors (Lipinski definition) is 2. The van der Waals surface area contributed by atoms with E-state index >= 15 is 0 Å². The Morgan fingerprint density at radius 1 is 0.773 bits per heavy atom. The molecule has 0 aromatic carbocycles. The Morgan fingerprint density at radius 2 is 1.45 bits per heavy atom. The van der Waals surface area contributed by atoms with E-state index in [2.05, 4.69) is 20.8 Å². The van der Waals surface area contributed by atoms with Gasteiger partial charge in [0.15, 0.2) is 0 Å². The molecule has 0 aliphatic heterocycles. The summed E-state index contributed by atoms with van der Waals surface area (Å²) in [6, 6.07) is 0. The first kappa shape index (κ1) is 15.4. The Bertz CT molecular complexity index is 449. The number of aliphatic hydroxyl groups is 2. The molecular weight excluding hydrogens is 272 g/mol. The molecule has 0 amide bonds. The zero-order valence-electron chi connectivity index (χ0n) is 14.6. The lowest BCUT2D eigenvalue weighted by Crippen LogP contribution is -2.56. The van der Waals surface area contributed by atoms with E-state index in [1.807, 2.05) is 0 Å². The highest BCUT2D eigenvalue weighted by molar-refractivity contribution is 5.10. The van der Waals surface area contributed by atoms with Crippen molar-refractivity contribution in [2.24, 2.45) is 40.4 Å². The molecule has 2 nitrogen and oxygen atoms in total. The van der Waals surface area contributed by atoms with Crippen molar-refractivity contribution in [3.8, 4) is 0 Å². The predicted molar refractivity (Wildman–Crippen MR) is 88.3 cm³/mol. The fourth-order valence-electron chi connectivity index (χ4n) is 7.69.